The zero-order valence-corrected chi connectivity index (χ0v) is 12.5. The first-order valence-corrected chi connectivity index (χ1v) is 7.49. The number of aliphatic carboxylic acids is 1. The summed E-state index contributed by atoms with van der Waals surface area (Å²) >= 11 is 0. The van der Waals surface area contributed by atoms with E-state index in [9.17, 15) is 9.90 Å². The van der Waals surface area contributed by atoms with Crippen LogP contribution in [-0.4, -0.2) is 38.6 Å². The van der Waals surface area contributed by atoms with E-state index in [0.29, 0.717) is 0 Å². The predicted octanol–water partition coefficient (Wildman–Crippen LogP) is 2.59. The fourth-order valence-corrected chi connectivity index (χ4v) is 3.17. The Labute approximate surface area is 124 Å². The molecule has 0 spiro atoms. The van der Waals surface area contributed by atoms with Gasteiger partial charge in [-0.1, -0.05) is 6.07 Å². The van der Waals surface area contributed by atoms with Gasteiger partial charge in [-0.3, -0.25) is 9.69 Å². The van der Waals surface area contributed by atoms with Gasteiger partial charge in [-0.2, -0.15) is 0 Å². The minimum absolute atomic E-state index is 0.0346. The second-order valence-electron chi connectivity index (χ2n) is 5.86. The summed E-state index contributed by atoms with van der Waals surface area (Å²) in [6.45, 7) is 6.25. The molecule has 21 heavy (non-hydrogen) atoms. The third kappa shape index (κ3) is 2.65. The van der Waals surface area contributed by atoms with Gasteiger partial charge in [-0.25, -0.2) is 4.98 Å². The van der Waals surface area contributed by atoms with Crippen molar-refractivity contribution in [3.8, 4) is 0 Å². The Morgan fingerprint density at radius 3 is 2.76 bits per heavy atom. The highest BCUT2D eigenvalue weighted by Crippen LogP contribution is 2.27. The molecule has 1 fully saturated rings. The van der Waals surface area contributed by atoms with E-state index in [1.54, 1.807) is 0 Å². The molecule has 1 saturated heterocycles. The van der Waals surface area contributed by atoms with Crippen LogP contribution in [0.3, 0.4) is 0 Å². The van der Waals surface area contributed by atoms with Crippen LogP contribution in [0, 0.1) is 6.92 Å². The van der Waals surface area contributed by atoms with Crippen LogP contribution in [0.2, 0.25) is 0 Å². The fraction of sp³-hybridized carbons (Fsp3) is 0.500. The van der Waals surface area contributed by atoms with Crippen LogP contribution in [0.5, 0.6) is 0 Å². The summed E-state index contributed by atoms with van der Waals surface area (Å²) in [5.74, 6) is 0.0321. The topological polar surface area (TPSA) is 58.4 Å². The number of carbonyl (C=O) groups is 1. The Hall–Kier alpha value is -1.88. The molecule has 5 nitrogen and oxygen atoms in total. The van der Waals surface area contributed by atoms with Gasteiger partial charge in [0.2, 0.25) is 0 Å². The van der Waals surface area contributed by atoms with Crippen LogP contribution in [0.25, 0.3) is 11.0 Å². The van der Waals surface area contributed by atoms with Crippen LogP contribution < -0.4 is 0 Å². The molecular formula is C16H21N3O2. The number of aryl methyl sites for hydroxylation is 1. The van der Waals surface area contributed by atoms with Gasteiger partial charge in [-0.15, -0.1) is 0 Å². The SMILES string of the molecule is Cc1ccc2c(c1)nc(C(C)N1CCCC1)n2CC(=O)O. The molecule has 5 heteroatoms. The van der Waals surface area contributed by atoms with Crippen molar-refractivity contribution in [2.75, 3.05) is 13.1 Å². The molecule has 1 aromatic carbocycles. The molecular weight excluding hydrogens is 266 g/mol. The molecule has 1 aliphatic heterocycles. The number of imidazole rings is 1. The molecule has 1 atom stereocenters. The molecule has 1 N–H and O–H groups in total. The number of carboxylic acid groups (broad SMARTS) is 1. The quantitative estimate of drug-likeness (QED) is 0.939. The zero-order valence-electron chi connectivity index (χ0n) is 12.5. The Bertz CT molecular complexity index is 671. The maximum Gasteiger partial charge on any atom is 0.323 e. The van der Waals surface area contributed by atoms with Gasteiger partial charge >= 0.3 is 5.97 Å². The molecule has 0 amide bonds. The van der Waals surface area contributed by atoms with Crippen molar-refractivity contribution < 1.29 is 9.90 Å². The minimum Gasteiger partial charge on any atom is -0.480 e. The molecule has 0 bridgehead atoms. The average molecular weight is 287 g/mol. The second-order valence-corrected chi connectivity index (χ2v) is 5.86. The molecule has 0 saturated carbocycles. The molecule has 3 rings (SSSR count). The fourth-order valence-electron chi connectivity index (χ4n) is 3.17. The van der Waals surface area contributed by atoms with E-state index < -0.39 is 5.97 Å². The molecule has 1 unspecified atom stereocenters. The third-order valence-corrected chi connectivity index (χ3v) is 4.29. The Balaban J connectivity index is 2.08. The van der Waals surface area contributed by atoms with Crippen LogP contribution in [0.1, 0.15) is 37.2 Å². The summed E-state index contributed by atoms with van der Waals surface area (Å²) in [7, 11) is 0. The summed E-state index contributed by atoms with van der Waals surface area (Å²) in [4.78, 5) is 18.3. The summed E-state index contributed by atoms with van der Waals surface area (Å²) in [6, 6.07) is 6.15. The highest BCUT2D eigenvalue weighted by molar-refractivity contribution is 5.79. The number of hydrogen-bond acceptors (Lipinski definition) is 3. The van der Waals surface area contributed by atoms with Gasteiger partial charge in [0.05, 0.1) is 17.1 Å². The molecule has 0 radical (unpaired) electrons. The first-order chi connectivity index (χ1) is 10.1. The minimum atomic E-state index is -0.829. The number of rotatable bonds is 4. The number of carboxylic acids is 1. The van der Waals surface area contributed by atoms with Crippen LogP contribution in [0.15, 0.2) is 18.2 Å². The predicted molar refractivity (Wildman–Crippen MR) is 81.3 cm³/mol. The molecule has 2 heterocycles. The number of nitrogens with zero attached hydrogens (tertiary/aromatic N) is 3. The average Bonchev–Trinajstić information content (AvgIpc) is 3.05. The van der Waals surface area contributed by atoms with Gasteiger partial charge in [0.25, 0.3) is 0 Å². The van der Waals surface area contributed by atoms with E-state index in [2.05, 4.69) is 11.8 Å². The van der Waals surface area contributed by atoms with Crippen molar-refractivity contribution in [3.63, 3.8) is 0 Å². The highest BCUT2D eigenvalue weighted by atomic mass is 16.4. The maximum absolute atomic E-state index is 11.2. The molecule has 1 aromatic heterocycles. The van der Waals surface area contributed by atoms with E-state index in [-0.39, 0.29) is 12.6 Å². The van der Waals surface area contributed by atoms with Gasteiger partial charge in [0.15, 0.2) is 0 Å². The van der Waals surface area contributed by atoms with Gasteiger partial charge in [0, 0.05) is 0 Å². The smallest absolute Gasteiger partial charge is 0.323 e. The van der Waals surface area contributed by atoms with Crippen LogP contribution >= 0.6 is 0 Å². The maximum atomic E-state index is 11.2. The summed E-state index contributed by atoms with van der Waals surface area (Å²) in [6.07, 6.45) is 2.42. The number of hydrogen-bond donors (Lipinski definition) is 1. The number of fused-ring (bicyclic) bond motifs is 1. The summed E-state index contributed by atoms with van der Waals surface area (Å²) < 4.78 is 1.85. The third-order valence-electron chi connectivity index (χ3n) is 4.29. The van der Waals surface area contributed by atoms with E-state index in [1.807, 2.05) is 29.7 Å². The highest BCUT2D eigenvalue weighted by Gasteiger charge is 2.25. The lowest BCUT2D eigenvalue weighted by Gasteiger charge is -2.23. The first kappa shape index (κ1) is 14.1. The Morgan fingerprint density at radius 2 is 2.10 bits per heavy atom. The van der Waals surface area contributed by atoms with Gasteiger partial charge < -0.3 is 9.67 Å². The van der Waals surface area contributed by atoms with Gasteiger partial charge in [0.1, 0.15) is 12.4 Å². The molecule has 0 aliphatic carbocycles. The van der Waals surface area contributed by atoms with Crippen molar-refractivity contribution in [3.05, 3.63) is 29.6 Å². The summed E-state index contributed by atoms with van der Waals surface area (Å²) in [5, 5.41) is 9.21. The lowest BCUT2D eigenvalue weighted by molar-refractivity contribution is -0.137. The number of benzene rings is 1. The van der Waals surface area contributed by atoms with Gasteiger partial charge in [-0.05, 0) is 57.5 Å². The molecule has 1 aliphatic rings. The number of aromatic nitrogens is 2. The lowest BCUT2D eigenvalue weighted by atomic mass is 10.2. The van der Waals surface area contributed by atoms with E-state index in [0.717, 1.165) is 35.5 Å². The summed E-state index contributed by atoms with van der Waals surface area (Å²) in [5.41, 5.74) is 2.93. The van der Waals surface area contributed by atoms with Crippen molar-refractivity contribution in [1.82, 2.24) is 14.5 Å². The number of likely N-dealkylation sites (tertiary alicyclic amines) is 1. The van der Waals surface area contributed by atoms with E-state index in [1.165, 1.54) is 12.8 Å². The van der Waals surface area contributed by atoms with Crippen molar-refractivity contribution in [1.29, 1.82) is 0 Å². The normalized spacial score (nSPS) is 17.4. The molecule has 2 aromatic rings. The van der Waals surface area contributed by atoms with Crippen molar-refractivity contribution >= 4 is 17.0 Å². The van der Waals surface area contributed by atoms with Crippen molar-refractivity contribution in [2.45, 2.75) is 39.3 Å². The second kappa shape index (κ2) is 5.48. The monoisotopic (exact) mass is 287 g/mol. The lowest BCUT2D eigenvalue weighted by Crippen LogP contribution is -2.26. The molecule has 112 valence electrons. The zero-order chi connectivity index (χ0) is 15.0. The van der Waals surface area contributed by atoms with E-state index in [4.69, 9.17) is 4.98 Å². The van der Waals surface area contributed by atoms with Crippen LogP contribution in [-0.2, 0) is 11.3 Å². The standard InChI is InChI=1S/C16H21N3O2/c1-11-5-6-14-13(9-11)17-16(19(14)10-15(20)21)12(2)18-7-3-4-8-18/h5-6,9,12H,3-4,7-8,10H2,1-2H3,(H,20,21). The largest absolute Gasteiger partial charge is 0.480 e. The Kier molecular flexibility index (Phi) is 3.68. The van der Waals surface area contributed by atoms with E-state index >= 15 is 0 Å². The Morgan fingerprint density at radius 1 is 1.38 bits per heavy atom. The van der Waals surface area contributed by atoms with Crippen LogP contribution in [0.4, 0.5) is 0 Å². The van der Waals surface area contributed by atoms with Crippen molar-refractivity contribution in [2.24, 2.45) is 0 Å². The first-order valence-electron chi connectivity index (χ1n) is 7.49.